The van der Waals surface area contributed by atoms with Crippen LogP contribution in [0.2, 0.25) is 0 Å². The summed E-state index contributed by atoms with van der Waals surface area (Å²) in [4.78, 5) is 23.2. The van der Waals surface area contributed by atoms with Gasteiger partial charge >= 0.3 is 0 Å². The maximum absolute atomic E-state index is 12.2. The Bertz CT molecular complexity index is 1210. The largest absolute Gasteiger partial charge is 0.328 e. The minimum Gasteiger partial charge on any atom is -0.328 e. The van der Waals surface area contributed by atoms with E-state index >= 15 is 0 Å². The van der Waals surface area contributed by atoms with Crippen LogP contribution in [0.5, 0.6) is 0 Å². The molecule has 1 aromatic carbocycles. The van der Waals surface area contributed by atoms with E-state index in [9.17, 15) is 4.79 Å². The van der Waals surface area contributed by atoms with Crippen LogP contribution >= 0.6 is 11.6 Å². The number of aliphatic imine (C=N–C) groups is 1. The summed E-state index contributed by atoms with van der Waals surface area (Å²) in [7, 11) is 0. The molecule has 6 heteroatoms. The molecule has 2 fully saturated rings. The third-order valence-electron chi connectivity index (χ3n) is 7.65. The molecular formula is C29H33ClN4O. The van der Waals surface area contributed by atoms with Gasteiger partial charge in [-0.3, -0.25) is 4.79 Å². The molecule has 5 nitrogen and oxygen atoms in total. The van der Waals surface area contributed by atoms with E-state index in [0.29, 0.717) is 23.2 Å². The highest BCUT2D eigenvalue weighted by Gasteiger charge is 2.25. The van der Waals surface area contributed by atoms with Gasteiger partial charge in [-0.25, -0.2) is 9.98 Å². The van der Waals surface area contributed by atoms with Gasteiger partial charge in [0.2, 0.25) is 5.91 Å². The molecule has 0 radical (unpaired) electrons. The number of nitrogens with zero attached hydrogens (tertiary/aromatic N) is 3. The Labute approximate surface area is 213 Å². The summed E-state index contributed by atoms with van der Waals surface area (Å²) in [6.45, 7) is 5.03. The summed E-state index contributed by atoms with van der Waals surface area (Å²) >= 11 is 6.82. The van der Waals surface area contributed by atoms with Crippen LogP contribution in [0.1, 0.15) is 75.8 Å². The molecule has 1 saturated heterocycles. The lowest BCUT2D eigenvalue weighted by atomic mass is 9.82. The van der Waals surface area contributed by atoms with E-state index in [4.69, 9.17) is 16.6 Å². The van der Waals surface area contributed by atoms with E-state index < -0.39 is 0 Å². The van der Waals surface area contributed by atoms with Crippen molar-refractivity contribution in [1.29, 1.82) is 0 Å². The number of carbonyl (C=O) groups is 1. The number of rotatable bonds is 4. The van der Waals surface area contributed by atoms with Gasteiger partial charge in [-0.15, -0.1) is 0 Å². The van der Waals surface area contributed by atoms with Crippen molar-refractivity contribution < 1.29 is 4.79 Å². The molecule has 5 rings (SSSR count). The van der Waals surface area contributed by atoms with Gasteiger partial charge in [-0.05, 0) is 49.3 Å². The third-order valence-corrected chi connectivity index (χ3v) is 7.93. The van der Waals surface area contributed by atoms with Gasteiger partial charge in [0.15, 0.2) is 0 Å². The van der Waals surface area contributed by atoms with Gasteiger partial charge in [0.25, 0.3) is 0 Å². The SMILES string of the molecule is CC1=C(c2cccc(C3CCCCC3)c2)C(Cl)=CN=C(Nc2cc(N3CCCC3=O)ccn2)C1C. The van der Waals surface area contributed by atoms with Crippen molar-refractivity contribution in [3.8, 4) is 0 Å². The monoisotopic (exact) mass is 488 g/mol. The molecule has 35 heavy (non-hydrogen) atoms. The second-order valence-corrected chi connectivity index (χ2v) is 10.3. The fourth-order valence-electron chi connectivity index (χ4n) is 5.51. The van der Waals surface area contributed by atoms with Gasteiger partial charge in [-0.1, -0.05) is 67.6 Å². The first-order valence-corrected chi connectivity index (χ1v) is 13.2. The lowest BCUT2D eigenvalue weighted by Crippen LogP contribution is -2.25. The molecule has 1 N–H and O–H groups in total. The second-order valence-electron chi connectivity index (χ2n) is 9.90. The number of benzene rings is 1. The predicted molar refractivity (Wildman–Crippen MR) is 145 cm³/mol. The van der Waals surface area contributed by atoms with Gasteiger partial charge in [-0.2, -0.15) is 0 Å². The number of pyridine rings is 1. The summed E-state index contributed by atoms with van der Waals surface area (Å²) in [6.07, 6.45) is 11.5. The van der Waals surface area contributed by atoms with Crippen molar-refractivity contribution in [3.63, 3.8) is 0 Å². The molecule has 1 unspecified atom stereocenters. The number of anilines is 2. The van der Waals surface area contributed by atoms with Gasteiger partial charge < -0.3 is 10.2 Å². The minimum absolute atomic E-state index is 0.0229. The number of amides is 1. The van der Waals surface area contributed by atoms with E-state index in [-0.39, 0.29) is 11.8 Å². The van der Waals surface area contributed by atoms with Crippen LogP contribution in [0, 0.1) is 5.92 Å². The first kappa shape index (κ1) is 23.8. The van der Waals surface area contributed by atoms with Gasteiger partial charge in [0, 0.05) is 48.6 Å². The third kappa shape index (κ3) is 5.06. The van der Waals surface area contributed by atoms with Crippen molar-refractivity contribution in [2.75, 3.05) is 16.8 Å². The quantitative estimate of drug-likeness (QED) is 0.492. The van der Waals surface area contributed by atoms with Crippen LogP contribution in [0.25, 0.3) is 5.57 Å². The zero-order valence-corrected chi connectivity index (χ0v) is 21.3. The summed E-state index contributed by atoms with van der Waals surface area (Å²) in [5.74, 6) is 2.29. The van der Waals surface area contributed by atoms with Crippen LogP contribution in [0.15, 0.2) is 64.4 Å². The molecule has 3 aliphatic rings. The van der Waals surface area contributed by atoms with Crippen LogP contribution in [-0.2, 0) is 4.79 Å². The molecule has 182 valence electrons. The number of halogens is 1. The fraction of sp³-hybridized carbons (Fsp3) is 0.414. The number of hydrogen-bond acceptors (Lipinski definition) is 4. The molecule has 0 spiro atoms. The van der Waals surface area contributed by atoms with E-state index in [1.807, 2.05) is 17.0 Å². The van der Waals surface area contributed by atoms with Crippen molar-refractivity contribution in [2.45, 2.75) is 64.7 Å². The normalized spacial score (nSPS) is 21.6. The van der Waals surface area contributed by atoms with Crippen LogP contribution in [-0.4, -0.2) is 23.3 Å². The number of allylic oxidation sites excluding steroid dienone is 2. The Balaban J connectivity index is 1.40. The summed E-state index contributed by atoms with van der Waals surface area (Å²) in [5, 5.41) is 4.05. The van der Waals surface area contributed by atoms with Crippen LogP contribution in [0.4, 0.5) is 11.5 Å². The maximum atomic E-state index is 12.2. The van der Waals surface area contributed by atoms with E-state index in [1.165, 1.54) is 43.2 Å². The van der Waals surface area contributed by atoms with Gasteiger partial charge in [0.05, 0.1) is 5.03 Å². The number of aromatic nitrogens is 1. The zero-order chi connectivity index (χ0) is 24.4. The second kappa shape index (κ2) is 10.4. The highest BCUT2D eigenvalue weighted by atomic mass is 35.5. The molecule has 1 aromatic heterocycles. The van der Waals surface area contributed by atoms with Crippen molar-refractivity contribution in [2.24, 2.45) is 10.9 Å². The number of amidine groups is 1. The van der Waals surface area contributed by atoms with E-state index in [0.717, 1.165) is 35.6 Å². The first-order valence-electron chi connectivity index (χ1n) is 12.8. The molecule has 2 aromatic rings. The minimum atomic E-state index is 0.0229. The van der Waals surface area contributed by atoms with Crippen molar-refractivity contribution in [3.05, 3.63) is 70.5 Å². The highest BCUT2D eigenvalue weighted by molar-refractivity contribution is 6.37. The summed E-state index contributed by atoms with van der Waals surface area (Å²) in [5.41, 5.74) is 5.67. The standard InChI is InChI=1S/C29H33ClN4O/c1-19-20(2)29(33-26-17-24(13-14-31-26)34-15-7-12-27(34)35)32-18-25(30)28(19)23-11-6-10-22(16-23)21-8-4-3-5-9-21/h6,10-11,13-14,16-18,20-21H,3-5,7-9,12,15H2,1-2H3,(H,31,32,33). The molecule has 1 aliphatic carbocycles. The molecule has 1 saturated carbocycles. The smallest absolute Gasteiger partial charge is 0.227 e. The number of nitrogens with one attached hydrogen (secondary N) is 1. The number of hydrogen-bond donors (Lipinski definition) is 1. The molecule has 1 atom stereocenters. The van der Waals surface area contributed by atoms with E-state index in [2.05, 4.69) is 48.4 Å². The lowest BCUT2D eigenvalue weighted by Gasteiger charge is -2.23. The van der Waals surface area contributed by atoms with Crippen LogP contribution < -0.4 is 10.2 Å². The Hall–Kier alpha value is -2.92. The summed E-state index contributed by atoms with van der Waals surface area (Å²) in [6, 6.07) is 12.7. The van der Waals surface area contributed by atoms with Crippen LogP contribution in [0.3, 0.4) is 0 Å². The molecule has 0 bridgehead atoms. The Morgan fingerprint density at radius 3 is 2.69 bits per heavy atom. The Morgan fingerprint density at radius 2 is 1.91 bits per heavy atom. The Morgan fingerprint density at radius 1 is 1.09 bits per heavy atom. The lowest BCUT2D eigenvalue weighted by molar-refractivity contribution is -0.117. The predicted octanol–water partition coefficient (Wildman–Crippen LogP) is 7.27. The molecular weight excluding hydrogens is 456 g/mol. The topological polar surface area (TPSA) is 57.6 Å². The summed E-state index contributed by atoms with van der Waals surface area (Å²) < 4.78 is 0. The van der Waals surface area contributed by atoms with Gasteiger partial charge in [0.1, 0.15) is 11.7 Å². The maximum Gasteiger partial charge on any atom is 0.227 e. The van der Waals surface area contributed by atoms with Crippen molar-refractivity contribution >= 4 is 40.4 Å². The average Bonchev–Trinajstić information content (AvgIpc) is 3.29. The molecule has 3 heterocycles. The van der Waals surface area contributed by atoms with Crippen molar-refractivity contribution in [1.82, 2.24) is 4.98 Å². The molecule has 1 amide bonds. The first-order chi connectivity index (χ1) is 17.0. The fourth-order valence-corrected chi connectivity index (χ4v) is 5.82. The molecule has 2 aliphatic heterocycles. The zero-order valence-electron chi connectivity index (χ0n) is 20.6. The average molecular weight is 489 g/mol. The highest BCUT2D eigenvalue weighted by Crippen LogP contribution is 2.38. The van der Waals surface area contributed by atoms with E-state index in [1.54, 1.807) is 12.4 Å². The number of carbonyl (C=O) groups excluding carboxylic acids is 1. The Kier molecular flexibility index (Phi) is 7.05.